The Morgan fingerprint density at radius 3 is 2.14 bits per heavy atom. The molecule has 0 aliphatic carbocycles. The van der Waals surface area contributed by atoms with E-state index in [0.29, 0.717) is 6.42 Å². The van der Waals surface area contributed by atoms with Crippen LogP contribution in [0.15, 0.2) is 54.6 Å². The van der Waals surface area contributed by atoms with Gasteiger partial charge in [-0.15, -0.1) is 0 Å². The number of hydrogen-bond acceptors (Lipinski definition) is 2. The summed E-state index contributed by atoms with van der Waals surface area (Å²) in [4.78, 5) is 0. The van der Waals surface area contributed by atoms with Gasteiger partial charge in [-0.2, -0.15) is 0 Å². The highest BCUT2D eigenvalue weighted by Gasteiger charge is 2.19. The van der Waals surface area contributed by atoms with Gasteiger partial charge in [-0.3, -0.25) is 0 Å². The average molecular weight is 289 g/mol. The molecule has 0 saturated heterocycles. The second kappa shape index (κ2) is 4.94. The van der Waals surface area contributed by atoms with E-state index in [0.717, 1.165) is 10.9 Å². The first-order valence-electron chi connectivity index (χ1n) is 7.80. The Kier molecular flexibility index (Phi) is 3.03. The smallest absolute Gasteiger partial charge is 0.0730 e. The Morgan fingerprint density at radius 1 is 0.864 bits per heavy atom. The average Bonchev–Trinajstić information content (AvgIpc) is 2.58. The summed E-state index contributed by atoms with van der Waals surface area (Å²) in [5.74, 6) is 0. The van der Waals surface area contributed by atoms with E-state index in [1.165, 1.54) is 26.9 Å². The summed E-state index contributed by atoms with van der Waals surface area (Å²) in [6.07, 6.45) is 0.141. The van der Waals surface area contributed by atoms with Crippen LogP contribution in [0, 0.1) is 0 Å². The van der Waals surface area contributed by atoms with Gasteiger partial charge in [0.05, 0.1) is 12.1 Å². The van der Waals surface area contributed by atoms with Crippen molar-refractivity contribution < 1.29 is 5.11 Å². The Morgan fingerprint density at radius 2 is 1.45 bits per heavy atom. The normalized spacial score (nSPS) is 14.9. The third-order valence-corrected chi connectivity index (χ3v) is 4.75. The molecule has 2 heteroatoms. The number of aliphatic hydroxyl groups is 1. The van der Waals surface area contributed by atoms with E-state index in [9.17, 15) is 5.11 Å². The van der Waals surface area contributed by atoms with Gasteiger partial charge in [-0.25, -0.2) is 0 Å². The number of rotatable bonds is 3. The van der Waals surface area contributed by atoms with Crippen LogP contribution in [-0.2, 0) is 0 Å². The molecular weight excluding hydrogens is 270 g/mol. The molecule has 0 heterocycles. The maximum atomic E-state index is 10.2. The summed E-state index contributed by atoms with van der Waals surface area (Å²) in [7, 11) is 0. The quantitative estimate of drug-likeness (QED) is 0.551. The van der Waals surface area contributed by atoms with Gasteiger partial charge in [-0.1, -0.05) is 61.5 Å². The molecule has 0 radical (unpaired) electrons. The lowest BCUT2D eigenvalue weighted by Gasteiger charge is -2.21. The number of benzene rings is 4. The Bertz CT molecular complexity index is 944. The highest BCUT2D eigenvalue weighted by molar-refractivity contribution is 6.23. The van der Waals surface area contributed by atoms with Crippen molar-refractivity contribution in [2.24, 2.45) is 5.73 Å². The van der Waals surface area contributed by atoms with E-state index in [1.54, 1.807) is 0 Å². The van der Waals surface area contributed by atoms with Crippen molar-refractivity contribution in [3.63, 3.8) is 0 Å². The minimum Gasteiger partial charge on any atom is -0.391 e. The molecule has 0 amide bonds. The van der Waals surface area contributed by atoms with Crippen LogP contribution < -0.4 is 5.73 Å². The lowest BCUT2D eigenvalue weighted by Crippen LogP contribution is -2.25. The van der Waals surface area contributed by atoms with E-state index in [2.05, 4.69) is 54.6 Å². The largest absolute Gasteiger partial charge is 0.391 e. The predicted octanol–water partition coefficient (Wildman–Crippen LogP) is 4.35. The van der Waals surface area contributed by atoms with Gasteiger partial charge >= 0.3 is 0 Å². The van der Waals surface area contributed by atoms with Gasteiger partial charge in [0.25, 0.3) is 0 Å². The molecule has 0 aliphatic rings. The van der Waals surface area contributed by atoms with Gasteiger partial charge in [0.2, 0.25) is 0 Å². The van der Waals surface area contributed by atoms with Crippen molar-refractivity contribution in [2.75, 3.05) is 0 Å². The SMILES string of the molecule is CC[C@H](O)[C@H](N)c1ccc2ccc3cccc4ccc1c2c34. The highest BCUT2D eigenvalue weighted by atomic mass is 16.3. The Labute approximate surface area is 129 Å². The molecule has 0 spiro atoms. The standard InChI is InChI=1S/C20H19NO/c1-2-17(22)20(21)16-11-9-14-7-6-12-4-3-5-13-8-10-15(16)19(14)18(12)13/h3-11,17,20,22H,2,21H2,1H3/t17-,20+/m0/s1. The molecule has 0 fully saturated rings. The molecule has 3 N–H and O–H groups in total. The number of nitrogens with two attached hydrogens (primary N) is 1. The summed E-state index contributed by atoms with van der Waals surface area (Å²) in [6.45, 7) is 1.96. The zero-order chi connectivity index (χ0) is 15.3. The molecule has 2 atom stereocenters. The molecule has 110 valence electrons. The zero-order valence-corrected chi connectivity index (χ0v) is 12.6. The minimum absolute atomic E-state index is 0.352. The van der Waals surface area contributed by atoms with Crippen LogP contribution in [0.25, 0.3) is 32.3 Å². The predicted molar refractivity (Wildman–Crippen MR) is 93.4 cm³/mol. The summed E-state index contributed by atoms with van der Waals surface area (Å²) in [6, 6.07) is 18.8. The first-order chi connectivity index (χ1) is 10.7. The number of aliphatic hydroxyl groups excluding tert-OH is 1. The molecule has 4 aromatic rings. The highest BCUT2D eigenvalue weighted by Crippen LogP contribution is 2.37. The Hall–Kier alpha value is -2.16. The van der Waals surface area contributed by atoms with Gasteiger partial charge in [-0.05, 0) is 44.3 Å². The molecule has 0 aliphatic heterocycles. The van der Waals surface area contributed by atoms with Crippen LogP contribution >= 0.6 is 0 Å². The fraction of sp³-hybridized carbons (Fsp3) is 0.200. The van der Waals surface area contributed by atoms with Crippen LogP contribution in [0.4, 0.5) is 0 Å². The van der Waals surface area contributed by atoms with Crippen molar-refractivity contribution in [1.82, 2.24) is 0 Å². The summed E-state index contributed by atoms with van der Waals surface area (Å²) in [5, 5.41) is 17.6. The molecule has 2 nitrogen and oxygen atoms in total. The van der Waals surface area contributed by atoms with E-state index in [4.69, 9.17) is 5.73 Å². The molecule has 22 heavy (non-hydrogen) atoms. The molecule has 0 bridgehead atoms. The zero-order valence-electron chi connectivity index (χ0n) is 12.6. The molecule has 0 aromatic heterocycles. The summed E-state index contributed by atoms with van der Waals surface area (Å²) < 4.78 is 0. The van der Waals surface area contributed by atoms with E-state index in [1.807, 2.05) is 6.92 Å². The van der Waals surface area contributed by atoms with Gasteiger partial charge in [0.15, 0.2) is 0 Å². The third kappa shape index (κ3) is 1.81. The van der Waals surface area contributed by atoms with Crippen molar-refractivity contribution in [3.8, 4) is 0 Å². The maximum Gasteiger partial charge on any atom is 0.0730 e. The van der Waals surface area contributed by atoms with Gasteiger partial charge in [0, 0.05) is 0 Å². The number of hydrogen-bond donors (Lipinski definition) is 2. The topological polar surface area (TPSA) is 46.2 Å². The van der Waals surface area contributed by atoms with Crippen LogP contribution in [0.1, 0.15) is 24.9 Å². The van der Waals surface area contributed by atoms with Crippen LogP contribution in [0.2, 0.25) is 0 Å². The Balaban J connectivity index is 2.12. The first-order valence-corrected chi connectivity index (χ1v) is 7.80. The molecule has 0 saturated carbocycles. The molecular formula is C20H19NO. The first kappa shape index (κ1) is 13.5. The van der Waals surface area contributed by atoms with E-state index >= 15 is 0 Å². The van der Waals surface area contributed by atoms with Crippen molar-refractivity contribution in [2.45, 2.75) is 25.5 Å². The molecule has 0 unspecified atom stereocenters. The van der Waals surface area contributed by atoms with Crippen LogP contribution in [0.5, 0.6) is 0 Å². The maximum absolute atomic E-state index is 10.2. The van der Waals surface area contributed by atoms with E-state index < -0.39 is 6.10 Å². The second-order valence-corrected chi connectivity index (χ2v) is 6.01. The fourth-order valence-corrected chi connectivity index (χ4v) is 3.51. The van der Waals surface area contributed by atoms with Crippen LogP contribution in [0.3, 0.4) is 0 Å². The summed E-state index contributed by atoms with van der Waals surface area (Å²) >= 11 is 0. The molecule has 4 rings (SSSR count). The lowest BCUT2D eigenvalue weighted by atomic mass is 9.88. The van der Waals surface area contributed by atoms with Crippen LogP contribution in [-0.4, -0.2) is 11.2 Å². The van der Waals surface area contributed by atoms with Gasteiger partial charge < -0.3 is 10.8 Å². The van der Waals surface area contributed by atoms with Crippen molar-refractivity contribution >= 4 is 32.3 Å². The van der Waals surface area contributed by atoms with Gasteiger partial charge in [0.1, 0.15) is 0 Å². The monoisotopic (exact) mass is 289 g/mol. The minimum atomic E-state index is -0.515. The fourth-order valence-electron chi connectivity index (χ4n) is 3.51. The third-order valence-electron chi connectivity index (χ3n) is 4.75. The van der Waals surface area contributed by atoms with E-state index in [-0.39, 0.29) is 6.04 Å². The second-order valence-electron chi connectivity index (χ2n) is 6.01. The van der Waals surface area contributed by atoms with Crippen molar-refractivity contribution in [1.29, 1.82) is 0 Å². The lowest BCUT2D eigenvalue weighted by molar-refractivity contribution is 0.141. The summed E-state index contributed by atoms with van der Waals surface area (Å²) in [5.41, 5.74) is 7.33. The van der Waals surface area contributed by atoms with Crippen molar-refractivity contribution in [3.05, 3.63) is 60.2 Å². The molecule has 4 aromatic carbocycles.